The Bertz CT molecular complexity index is 582. The molecule has 0 atom stereocenters. The monoisotopic (exact) mass is 366 g/mol. The molecule has 0 spiro atoms. The minimum atomic E-state index is 0. The number of piperidine rings is 1. The van der Waals surface area contributed by atoms with E-state index in [0.29, 0.717) is 12.5 Å². The van der Waals surface area contributed by atoms with E-state index in [2.05, 4.69) is 54.0 Å². The zero-order valence-electron chi connectivity index (χ0n) is 14.5. The molecule has 132 valence electrons. The standard InChI is InChI=1S/C19H26N2OS.ClH/c1-15-16(2)23-14-21(15)13-19(22)20-10-8-18(9-11-20)12-17-6-4-3-5-7-17;/h3-7,18H,8-14H2,1-2H3;1H. The zero-order chi connectivity index (χ0) is 16.2. The number of halogens is 1. The molecule has 0 saturated carbocycles. The summed E-state index contributed by atoms with van der Waals surface area (Å²) in [6.07, 6.45) is 3.40. The number of allylic oxidation sites excluding steroid dienone is 2. The highest BCUT2D eigenvalue weighted by molar-refractivity contribution is 8.03. The molecule has 5 heteroatoms. The van der Waals surface area contributed by atoms with E-state index < -0.39 is 0 Å². The Hall–Kier alpha value is -1.13. The Kier molecular flexibility index (Phi) is 7.05. The van der Waals surface area contributed by atoms with Gasteiger partial charge in [0.2, 0.25) is 5.91 Å². The Morgan fingerprint density at radius 3 is 2.42 bits per heavy atom. The van der Waals surface area contributed by atoms with E-state index in [1.54, 1.807) is 0 Å². The van der Waals surface area contributed by atoms with Crippen molar-refractivity contribution < 1.29 is 4.79 Å². The Morgan fingerprint density at radius 1 is 1.17 bits per heavy atom. The maximum Gasteiger partial charge on any atom is 0.242 e. The number of nitrogens with zero attached hydrogens (tertiary/aromatic N) is 2. The van der Waals surface area contributed by atoms with Crippen LogP contribution in [0.5, 0.6) is 0 Å². The van der Waals surface area contributed by atoms with Gasteiger partial charge in [0.1, 0.15) is 0 Å². The zero-order valence-corrected chi connectivity index (χ0v) is 16.2. The second-order valence-electron chi connectivity index (χ2n) is 6.63. The fraction of sp³-hybridized carbons (Fsp3) is 0.526. The van der Waals surface area contributed by atoms with Crippen molar-refractivity contribution in [3.05, 3.63) is 46.5 Å². The van der Waals surface area contributed by atoms with Crippen LogP contribution in [-0.4, -0.2) is 41.2 Å². The average molecular weight is 367 g/mol. The number of hydrogen-bond acceptors (Lipinski definition) is 3. The summed E-state index contributed by atoms with van der Waals surface area (Å²) >= 11 is 1.84. The fourth-order valence-corrected chi connectivity index (χ4v) is 4.33. The van der Waals surface area contributed by atoms with Gasteiger partial charge >= 0.3 is 0 Å². The molecule has 0 aromatic heterocycles. The third-order valence-electron chi connectivity index (χ3n) is 5.08. The molecule has 0 N–H and O–H groups in total. The van der Waals surface area contributed by atoms with E-state index in [1.807, 2.05) is 11.8 Å². The van der Waals surface area contributed by atoms with Gasteiger partial charge in [-0.2, -0.15) is 0 Å². The first-order valence-corrected chi connectivity index (χ1v) is 9.49. The lowest BCUT2D eigenvalue weighted by atomic mass is 9.90. The minimum absolute atomic E-state index is 0. The van der Waals surface area contributed by atoms with Crippen LogP contribution in [0.2, 0.25) is 0 Å². The maximum absolute atomic E-state index is 12.5. The van der Waals surface area contributed by atoms with E-state index in [9.17, 15) is 4.79 Å². The molecule has 1 aromatic rings. The molecule has 1 saturated heterocycles. The van der Waals surface area contributed by atoms with Crippen LogP contribution in [0.25, 0.3) is 0 Å². The summed E-state index contributed by atoms with van der Waals surface area (Å²) in [4.78, 5) is 18.1. The van der Waals surface area contributed by atoms with Gasteiger partial charge in [0.05, 0.1) is 12.4 Å². The summed E-state index contributed by atoms with van der Waals surface area (Å²) in [5.41, 5.74) is 2.69. The van der Waals surface area contributed by atoms with Crippen molar-refractivity contribution in [2.24, 2.45) is 5.92 Å². The highest BCUT2D eigenvalue weighted by atomic mass is 35.5. The number of likely N-dealkylation sites (tertiary alicyclic amines) is 1. The molecule has 0 radical (unpaired) electrons. The summed E-state index contributed by atoms with van der Waals surface area (Å²) < 4.78 is 0. The van der Waals surface area contributed by atoms with Gasteiger partial charge in [-0.1, -0.05) is 30.3 Å². The Balaban J connectivity index is 0.00000208. The molecule has 1 aromatic carbocycles. The molecule has 2 aliphatic rings. The molecule has 2 heterocycles. The number of carbonyl (C=O) groups excluding carboxylic acids is 1. The summed E-state index contributed by atoms with van der Waals surface area (Å²) in [5.74, 6) is 1.93. The van der Waals surface area contributed by atoms with Crippen LogP contribution >= 0.6 is 24.2 Å². The number of benzene rings is 1. The molecule has 1 fully saturated rings. The number of amides is 1. The highest BCUT2D eigenvalue weighted by Gasteiger charge is 2.26. The van der Waals surface area contributed by atoms with Gasteiger partial charge in [-0.15, -0.1) is 24.2 Å². The van der Waals surface area contributed by atoms with Crippen molar-refractivity contribution >= 4 is 30.1 Å². The molecular formula is C19H27ClN2OS. The topological polar surface area (TPSA) is 23.6 Å². The summed E-state index contributed by atoms with van der Waals surface area (Å²) in [6.45, 7) is 6.63. The number of thioether (sulfide) groups is 1. The lowest BCUT2D eigenvalue weighted by Crippen LogP contribution is -2.43. The average Bonchev–Trinajstić information content (AvgIpc) is 2.88. The second kappa shape index (κ2) is 8.82. The summed E-state index contributed by atoms with van der Waals surface area (Å²) in [6, 6.07) is 10.7. The van der Waals surface area contributed by atoms with Crippen LogP contribution in [-0.2, 0) is 11.2 Å². The van der Waals surface area contributed by atoms with E-state index in [4.69, 9.17) is 0 Å². The van der Waals surface area contributed by atoms with Crippen LogP contribution in [0.1, 0.15) is 32.3 Å². The van der Waals surface area contributed by atoms with Gasteiger partial charge in [-0.05, 0) is 44.6 Å². The van der Waals surface area contributed by atoms with Gasteiger partial charge < -0.3 is 9.80 Å². The van der Waals surface area contributed by atoms with Crippen molar-refractivity contribution in [3.63, 3.8) is 0 Å². The summed E-state index contributed by atoms with van der Waals surface area (Å²) in [7, 11) is 0. The van der Waals surface area contributed by atoms with Crippen molar-refractivity contribution in [1.29, 1.82) is 0 Å². The summed E-state index contributed by atoms with van der Waals surface area (Å²) in [5, 5.41) is 0. The highest BCUT2D eigenvalue weighted by Crippen LogP contribution is 2.31. The molecule has 0 bridgehead atoms. The third-order valence-corrected chi connectivity index (χ3v) is 6.25. The predicted molar refractivity (Wildman–Crippen MR) is 104 cm³/mol. The first-order chi connectivity index (χ1) is 11.1. The van der Waals surface area contributed by atoms with Crippen molar-refractivity contribution in [2.75, 3.05) is 25.5 Å². The van der Waals surface area contributed by atoms with Gasteiger partial charge in [0.25, 0.3) is 0 Å². The fourth-order valence-electron chi connectivity index (χ4n) is 3.36. The van der Waals surface area contributed by atoms with Crippen LogP contribution in [0.3, 0.4) is 0 Å². The van der Waals surface area contributed by atoms with Crippen molar-refractivity contribution in [2.45, 2.75) is 33.1 Å². The smallest absolute Gasteiger partial charge is 0.242 e. The molecule has 3 rings (SSSR count). The number of rotatable bonds is 4. The maximum atomic E-state index is 12.5. The van der Waals surface area contributed by atoms with Gasteiger partial charge in [0.15, 0.2) is 0 Å². The van der Waals surface area contributed by atoms with Crippen LogP contribution < -0.4 is 0 Å². The Morgan fingerprint density at radius 2 is 1.83 bits per heavy atom. The van der Waals surface area contributed by atoms with Crippen LogP contribution in [0.15, 0.2) is 40.9 Å². The van der Waals surface area contributed by atoms with E-state index >= 15 is 0 Å². The van der Waals surface area contributed by atoms with E-state index in [0.717, 1.165) is 38.2 Å². The first-order valence-electron chi connectivity index (χ1n) is 8.50. The second-order valence-corrected chi connectivity index (χ2v) is 7.79. The van der Waals surface area contributed by atoms with Gasteiger partial charge in [0, 0.05) is 23.7 Å². The molecule has 3 nitrogen and oxygen atoms in total. The van der Waals surface area contributed by atoms with E-state index in [-0.39, 0.29) is 18.3 Å². The SMILES string of the molecule is CC1=C(C)N(CC(=O)N2CCC(Cc3ccccc3)CC2)CS1.Cl. The lowest BCUT2D eigenvalue weighted by molar-refractivity contribution is -0.133. The third kappa shape index (κ3) is 4.70. The largest absolute Gasteiger partial charge is 0.356 e. The molecule has 0 unspecified atom stereocenters. The van der Waals surface area contributed by atoms with Crippen molar-refractivity contribution in [1.82, 2.24) is 9.80 Å². The van der Waals surface area contributed by atoms with Crippen LogP contribution in [0.4, 0.5) is 0 Å². The molecule has 0 aliphatic carbocycles. The quantitative estimate of drug-likeness (QED) is 0.799. The predicted octanol–water partition coefficient (Wildman–Crippen LogP) is 4.15. The normalized spacial score (nSPS) is 18.8. The molecule has 1 amide bonds. The van der Waals surface area contributed by atoms with Crippen molar-refractivity contribution in [3.8, 4) is 0 Å². The Labute approximate surface area is 155 Å². The van der Waals surface area contributed by atoms with Gasteiger partial charge in [-0.3, -0.25) is 4.79 Å². The van der Waals surface area contributed by atoms with Crippen LogP contribution in [0, 0.1) is 5.92 Å². The molecular weight excluding hydrogens is 340 g/mol. The first kappa shape index (κ1) is 19.2. The molecule has 2 aliphatic heterocycles. The molecule has 24 heavy (non-hydrogen) atoms. The number of hydrogen-bond donors (Lipinski definition) is 0. The number of carbonyl (C=O) groups is 1. The lowest BCUT2D eigenvalue weighted by Gasteiger charge is -2.33. The van der Waals surface area contributed by atoms with Gasteiger partial charge in [-0.25, -0.2) is 0 Å². The van der Waals surface area contributed by atoms with E-state index in [1.165, 1.54) is 16.2 Å². The minimum Gasteiger partial charge on any atom is -0.356 e.